The van der Waals surface area contributed by atoms with Crippen molar-refractivity contribution in [1.29, 1.82) is 0 Å². The van der Waals surface area contributed by atoms with Crippen molar-refractivity contribution >= 4 is 28.4 Å². The van der Waals surface area contributed by atoms with Gasteiger partial charge in [-0.1, -0.05) is 13.0 Å². The molecule has 0 amide bonds. The number of halogens is 1. The minimum absolute atomic E-state index is 0.540. The number of aromatic nitrogens is 2. The molecule has 2 rings (SSSR count). The molecule has 0 aliphatic heterocycles. The highest BCUT2D eigenvalue weighted by molar-refractivity contribution is 14.1. The van der Waals surface area contributed by atoms with Crippen molar-refractivity contribution in [3.8, 4) is 11.6 Å². The van der Waals surface area contributed by atoms with Gasteiger partial charge in [0.05, 0.1) is 5.56 Å². The van der Waals surface area contributed by atoms with Crippen LogP contribution in [-0.2, 0) is 6.42 Å². The molecule has 0 atom stereocenters. The van der Waals surface area contributed by atoms with Crippen LogP contribution in [0.4, 0.5) is 5.82 Å². The van der Waals surface area contributed by atoms with E-state index in [2.05, 4.69) is 44.9 Å². The van der Waals surface area contributed by atoms with Gasteiger partial charge in [-0.3, -0.25) is 0 Å². The molecule has 0 bridgehead atoms. The average molecular weight is 384 g/mol. The van der Waals surface area contributed by atoms with E-state index in [0.29, 0.717) is 11.7 Å². The molecule has 0 saturated carbocycles. The Labute approximate surface area is 132 Å². The minimum Gasteiger partial charge on any atom is -0.439 e. The lowest BCUT2D eigenvalue weighted by Gasteiger charge is -2.12. The first-order chi connectivity index (χ1) is 9.63. The second-order valence-corrected chi connectivity index (χ2v) is 5.62. The first-order valence-electron chi connectivity index (χ1n) is 6.41. The summed E-state index contributed by atoms with van der Waals surface area (Å²) in [5.41, 5.74) is 3.40. The van der Waals surface area contributed by atoms with Crippen LogP contribution in [0.25, 0.3) is 0 Å². The minimum atomic E-state index is 0.540. The van der Waals surface area contributed by atoms with E-state index < -0.39 is 0 Å². The van der Waals surface area contributed by atoms with Crippen LogP contribution in [0.3, 0.4) is 0 Å². The van der Waals surface area contributed by atoms with E-state index in [1.807, 2.05) is 31.2 Å². The monoisotopic (exact) mass is 384 g/mol. The molecule has 3 N–H and O–H groups in total. The molecular formula is C14H17IN4O. The Balaban J connectivity index is 2.36. The summed E-state index contributed by atoms with van der Waals surface area (Å²) in [7, 11) is 0. The molecule has 106 valence electrons. The van der Waals surface area contributed by atoms with Gasteiger partial charge in [-0.05, 0) is 54.1 Å². The molecular weight excluding hydrogens is 367 g/mol. The van der Waals surface area contributed by atoms with Crippen LogP contribution < -0.4 is 16.0 Å². The molecule has 0 unspecified atom stereocenters. The lowest BCUT2D eigenvalue weighted by Crippen LogP contribution is -2.13. The normalized spacial score (nSPS) is 10.4. The molecule has 0 aliphatic carbocycles. The Morgan fingerprint density at radius 3 is 2.80 bits per heavy atom. The van der Waals surface area contributed by atoms with E-state index in [4.69, 9.17) is 10.6 Å². The molecule has 5 nitrogen and oxygen atoms in total. The van der Waals surface area contributed by atoms with Crippen LogP contribution in [-0.4, -0.2) is 9.97 Å². The molecule has 0 fully saturated rings. The molecule has 0 aliphatic rings. The van der Waals surface area contributed by atoms with Gasteiger partial charge in [0.2, 0.25) is 5.88 Å². The lowest BCUT2D eigenvalue weighted by molar-refractivity contribution is 0.454. The van der Waals surface area contributed by atoms with Crippen molar-refractivity contribution < 1.29 is 4.74 Å². The van der Waals surface area contributed by atoms with Crippen LogP contribution in [0, 0.1) is 10.5 Å². The number of aryl methyl sites for hydroxylation is 1. The first-order valence-corrected chi connectivity index (χ1v) is 7.49. The van der Waals surface area contributed by atoms with Crippen molar-refractivity contribution in [3.63, 3.8) is 0 Å². The predicted octanol–water partition coefficient (Wildman–Crippen LogP) is 3.42. The summed E-state index contributed by atoms with van der Waals surface area (Å²) in [6, 6.07) is 7.81. The predicted molar refractivity (Wildman–Crippen MR) is 87.8 cm³/mol. The number of nitrogens with one attached hydrogen (secondary N) is 1. The fourth-order valence-corrected chi connectivity index (χ4v) is 2.27. The number of anilines is 1. The van der Waals surface area contributed by atoms with Crippen molar-refractivity contribution in [2.24, 2.45) is 5.84 Å². The standard InChI is InChI=1S/C14H17IN4O/c1-3-5-12-17-13(19-16)9(2)14(18-12)20-11-7-4-6-10(15)8-11/h4,6-8H,3,5,16H2,1-2H3,(H,17,18,19). The number of hydrogen-bond donors (Lipinski definition) is 2. The summed E-state index contributed by atoms with van der Waals surface area (Å²) in [6.07, 6.45) is 1.76. The molecule has 20 heavy (non-hydrogen) atoms. The third-order valence-corrected chi connectivity index (χ3v) is 3.44. The third-order valence-electron chi connectivity index (χ3n) is 2.77. The Hall–Kier alpha value is -1.41. The summed E-state index contributed by atoms with van der Waals surface area (Å²) < 4.78 is 6.98. The van der Waals surface area contributed by atoms with E-state index in [0.717, 1.165) is 33.5 Å². The summed E-state index contributed by atoms with van der Waals surface area (Å²) in [5.74, 6) is 8.13. The lowest BCUT2D eigenvalue weighted by atomic mass is 10.3. The van der Waals surface area contributed by atoms with Crippen LogP contribution in [0.15, 0.2) is 24.3 Å². The van der Waals surface area contributed by atoms with Crippen molar-refractivity contribution in [2.45, 2.75) is 26.7 Å². The Morgan fingerprint density at radius 2 is 2.15 bits per heavy atom. The van der Waals surface area contributed by atoms with Crippen molar-refractivity contribution in [2.75, 3.05) is 5.43 Å². The second kappa shape index (κ2) is 6.85. The Kier molecular flexibility index (Phi) is 5.13. The van der Waals surface area contributed by atoms with Crippen molar-refractivity contribution in [3.05, 3.63) is 39.2 Å². The number of benzene rings is 1. The zero-order valence-corrected chi connectivity index (χ0v) is 13.6. The number of rotatable bonds is 5. The van der Waals surface area contributed by atoms with Crippen LogP contribution in [0.5, 0.6) is 11.6 Å². The Morgan fingerprint density at radius 1 is 1.35 bits per heavy atom. The van der Waals surface area contributed by atoms with E-state index >= 15 is 0 Å². The maximum Gasteiger partial charge on any atom is 0.227 e. The van der Waals surface area contributed by atoms with Gasteiger partial charge in [0.15, 0.2) is 0 Å². The highest BCUT2D eigenvalue weighted by atomic mass is 127. The topological polar surface area (TPSA) is 73.1 Å². The van der Waals surface area contributed by atoms with E-state index in [1.54, 1.807) is 0 Å². The largest absolute Gasteiger partial charge is 0.439 e. The number of nitrogens with zero attached hydrogens (tertiary/aromatic N) is 2. The maximum absolute atomic E-state index is 5.87. The summed E-state index contributed by atoms with van der Waals surface area (Å²) >= 11 is 2.25. The van der Waals surface area contributed by atoms with Gasteiger partial charge in [-0.2, -0.15) is 4.98 Å². The number of nitrogens with two attached hydrogens (primary N) is 1. The zero-order chi connectivity index (χ0) is 14.5. The summed E-state index contributed by atoms with van der Waals surface area (Å²) in [5, 5.41) is 0. The number of nitrogen functional groups attached to an aromatic ring is 1. The van der Waals surface area contributed by atoms with Gasteiger partial charge in [-0.15, -0.1) is 0 Å². The summed E-state index contributed by atoms with van der Waals surface area (Å²) in [6.45, 7) is 3.97. The average Bonchev–Trinajstić information content (AvgIpc) is 2.42. The summed E-state index contributed by atoms with van der Waals surface area (Å²) in [4.78, 5) is 8.84. The zero-order valence-electron chi connectivity index (χ0n) is 11.5. The molecule has 0 spiro atoms. The SMILES string of the molecule is CCCc1nc(NN)c(C)c(Oc2cccc(I)c2)n1. The number of hydrazine groups is 1. The highest BCUT2D eigenvalue weighted by Crippen LogP contribution is 2.27. The fourth-order valence-electron chi connectivity index (χ4n) is 1.76. The molecule has 0 saturated heterocycles. The van der Waals surface area contributed by atoms with Gasteiger partial charge in [0, 0.05) is 9.99 Å². The molecule has 1 aromatic heterocycles. The quantitative estimate of drug-likeness (QED) is 0.470. The third kappa shape index (κ3) is 3.57. The highest BCUT2D eigenvalue weighted by Gasteiger charge is 2.12. The maximum atomic E-state index is 5.87. The number of hydrogen-bond acceptors (Lipinski definition) is 5. The molecule has 6 heteroatoms. The second-order valence-electron chi connectivity index (χ2n) is 4.37. The molecule has 1 aromatic carbocycles. The van der Waals surface area contributed by atoms with Gasteiger partial charge >= 0.3 is 0 Å². The fraction of sp³-hybridized carbons (Fsp3) is 0.286. The van der Waals surface area contributed by atoms with Gasteiger partial charge in [0.25, 0.3) is 0 Å². The van der Waals surface area contributed by atoms with E-state index in [-0.39, 0.29) is 0 Å². The first kappa shape index (κ1) is 15.0. The molecule has 2 aromatic rings. The van der Waals surface area contributed by atoms with Gasteiger partial charge in [-0.25, -0.2) is 10.8 Å². The van der Waals surface area contributed by atoms with Crippen LogP contribution in [0.2, 0.25) is 0 Å². The van der Waals surface area contributed by atoms with Crippen LogP contribution in [0.1, 0.15) is 24.7 Å². The van der Waals surface area contributed by atoms with E-state index in [9.17, 15) is 0 Å². The van der Waals surface area contributed by atoms with Gasteiger partial charge < -0.3 is 10.2 Å². The molecule has 1 heterocycles. The Bertz CT molecular complexity index is 604. The van der Waals surface area contributed by atoms with Crippen molar-refractivity contribution in [1.82, 2.24) is 9.97 Å². The van der Waals surface area contributed by atoms with Gasteiger partial charge in [0.1, 0.15) is 17.4 Å². The molecule has 0 radical (unpaired) electrons. The number of ether oxygens (including phenoxy) is 1. The smallest absolute Gasteiger partial charge is 0.227 e. The van der Waals surface area contributed by atoms with E-state index in [1.165, 1.54) is 0 Å². The van der Waals surface area contributed by atoms with Crippen LogP contribution >= 0.6 is 22.6 Å².